The quantitative estimate of drug-likeness (QED) is 0.501. The fourth-order valence-electron chi connectivity index (χ4n) is 1.49. The number of aliphatic carboxylic acids is 2. The standard InChI is InChI=1S/C8H9.C4H6O7S.K/c1-2-8-6-4-3-5-7-8;5-3(6)1-2(4(7)8)12(9,10)11;/h3-6H,2H2,1H3;2H,1H2,(H,5,6)(H,7,8)(H,9,10,11);. The number of carbonyl (C=O) groups is 2. The molecule has 0 radical (unpaired) electrons. The molecule has 0 saturated carbocycles. The molecular weight excluding hydrogens is 327 g/mol. The number of carboxylic acid groups (broad SMARTS) is 2. The van der Waals surface area contributed by atoms with Crippen LogP contribution in [0.2, 0.25) is 0 Å². The number of aryl methyl sites for hydroxylation is 1. The second kappa shape index (κ2) is 9.67. The van der Waals surface area contributed by atoms with Gasteiger partial charge >= 0.3 is 104 Å². The number of carboxylic acids is 2. The number of benzene rings is 1. The summed E-state index contributed by atoms with van der Waals surface area (Å²) >= 11 is 0.847. The summed E-state index contributed by atoms with van der Waals surface area (Å²) in [5.41, 5.74) is 1.54. The van der Waals surface area contributed by atoms with E-state index in [0.717, 1.165) is 49.0 Å². The van der Waals surface area contributed by atoms with Gasteiger partial charge in [-0.25, -0.2) is 0 Å². The molecule has 7 nitrogen and oxygen atoms in total. The van der Waals surface area contributed by atoms with Crippen LogP contribution in [0.25, 0.3) is 0 Å². The van der Waals surface area contributed by atoms with E-state index in [1.54, 1.807) is -0.342 Å². The van der Waals surface area contributed by atoms with Gasteiger partial charge in [0.15, 0.2) is 5.25 Å². The van der Waals surface area contributed by atoms with Gasteiger partial charge in [0.2, 0.25) is 0 Å². The van der Waals surface area contributed by atoms with Crippen molar-refractivity contribution in [3.63, 3.8) is 0 Å². The molecule has 21 heavy (non-hydrogen) atoms. The van der Waals surface area contributed by atoms with Gasteiger partial charge in [0.05, 0.1) is 6.42 Å². The van der Waals surface area contributed by atoms with Crippen LogP contribution < -0.4 is -0.342 Å². The Morgan fingerprint density at radius 3 is 2.00 bits per heavy atom. The van der Waals surface area contributed by atoms with Crippen molar-refractivity contribution in [1.29, 1.82) is 0 Å². The van der Waals surface area contributed by atoms with Crippen molar-refractivity contribution in [2.45, 2.75) is 25.0 Å². The number of hydrogen-bond acceptors (Lipinski definition) is 4. The summed E-state index contributed by atoms with van der Waals surface area (Å²) < 4.78 is 30.3. The van der Waals surface area contributed by atoms with E-state index in [-0.39, 0.29) is 0 Å². The van der Waals surface area contributed by atoms with Crippen LogP contribution in [0.5, 0.6) is 0 Å². The van der Waals surface area contributed by atoms with Gasteiger partial charge in [0, 0.05) is 0 Å². The van der Waals surface area contributed by atoms with Crippen LogP contribution in [0.4, 0.5) is 0 Å². The molecule has 3 N–H and O–H groups in total. The van der Waals surface area contributed by atoms with Crippen LogP contribution >= 0.6 is 0 Å². The van der Waals surface area contributed by atoms with Gasteiger partial charge < -0.3 is 10.2 Å². The Labute approximate surface area is 156 Å². The Bertz CT molecular complexity index is 597. The van der Waals surface area contributed by atoms with Gasteiger partial charge in [-0.15, -0.1) is 0 Å². The van der Waals surface area contributed by atoms with E-state index < -0.39 is 33.7 Å². The van der Waals surface area contributed by atoms with E-state index in [9.17, 15) is 18.0 Å². The zero-order valence-electron chi connectivity index (χ0n) is 11.7. The Morgan fingerprint density at radius 2 is 1.76 bits per heavy atom. The van der Waals surface area contributed by atoms with Crippen LogP contribution in [0, 0.1) is 0 Å². The second-order valence-corrected chi connectivity index (χ2v) is 7.50. The molecule has 0 saturated heterocycles. The molecule has 1 rings (SSSR count). The second-order valence-electron chi connectivity index (χ2n) is 4.22. The minimum atomic E-state index is -4.84. The average molecular weight is 342 g/mol. The molecule has 112 valence electrons. The van der Waals surface area contributed by atoms with Gasteiger partial charge in [-0.2, -0.15) is 8.42 Å². The summed E-state index contributed by atoms with van der Waals surface area (Å²) in [7, 11) is -4.84. The van der Waals surface area contributed by atoms with Gasteiger partial charge in [-0.1, -0.05) is 0 Å². The first-order chi connectivity index (χ1) is 9.59. The molecule has 1 atom stereocenters. The summed E-state index contributed by atoms with van der Waals surface area (Å²) in [5, 5.41) is 13.9. The zero-order chi connectivity index (χ0) is 16.6. The molecule has 1 unspecified atom stereocenters. The molecule has 9 heteroatoms. The van der Waals surface area contributed by atoms with Gasteiger partial charge in [-0.3, -0.25) is 14.1 Å². The molecule has 0 aromatic heterocycles. The maximum atomic E-state index is 10.2. The van der Waals surface area contributed by atoms with Crippen molar-refractivity contribution in [3.05, 3.63) is 29.8 Å². The van der Waals surface area contributed by atoms with Crippen LogP contribution in [0.3, 0.4) is 0 Å². The SMILES string of the molecule is CCc1cccc[c]1[K].O=C(O)CC(C(=O)O)S(=O)(=O)O. The molecule has 0 bridgehead atoms. The minimum absolute atomic E-state index is 0.847. The van der Waals surface area contributed by atoms with E-state index in [4.69, 9.17) is 14.8 Å². The summed E-state index contributed by atoms with van der Waals surface area (Å²) in [6.45, 7) is 2.21. The van der Waals surface area contributed by atoms with Crippen molar-refractivity contribution in [1.82, 2.24) is 0 Å². The molecule has 0 spiro atoms. The first-order valence-electron chi connectivity index (χ1n) is 6.05. The van der Waals surface area contributed by atoms with Crippen LogP contribution in [0.1, 0.15) is 18.9 Å². The fraction of sp³-hybridized carbons (Fsp3) is 0.333. The molecule has 0 aliphatic heterocycles. The summed E-state index contributed by atoms with van der Waals surface area (Å²) in [6, 6.07) is 8.70. The van der Waals surface area contributed by atoms with E-state index in [1.807, 2.05) is 0 Å². The smallest absolute Gasteiger partial charge is 0.325 e. The van der Waals surface area contributed by atoms with Crippen molar-refractivity contribution in [3.8, 4) is 0 Å². The first-order valence-corrected chi connectivity index (χ1v) is 9.11. The zero-order valence-corrected chi connectivity index (χ0v) is 15.6. The summed E-state index contributed by atoms with van der Waals surface area (Å²) in [5.74, 6) is -3.50. The molecule has 1 aromatic rings. The largest absolute Gasteiger partial charge is 0.481 e. The summed E-state index contributed by atoms with van der Waals surface area (Å²) in [6.07, 6.45) is 0.0338. The third-order valence-electron chi connectivity index (χ3n) is 2.64. The van der Waals surface area contributed by atoms with Crippen LogP contribution in [0.15, 0.2) is 24.3 Å². The predicted molar refractivity (Wildman–Crippen MR) is 76.4 cm³/mol. The molecule has 0 aliphatic carbocycles. The van der Waals surface area contributed by atoms with Crippen LogP contribution in [-0.4, -0.2) is 89.3 Å². The number of rotatable bonds is 5. The maximum Gasteiger partial charge on any atom is 0.325 e. The monoisotopic (exact) mass is 342 g/mol. The molecular formula is C12H15KO7S. The summed E-state index contributed by atoms with van der Waals surface area (Å²) in [4.78, 5) is 20.0. The molecule has 0 aliphatic rings. The van der Waals surface area contributed by atoms with Gasteiger partial charge in [-0.05, 0) is 0 Å². The normalized spacial score (nSPS) is 12.0. The topological polar surface area (TPSA) is 129 Å². The van der Waals surface area contributed by atoms with E-state index in [0.29, 0.717) is 0 Å². The van der Waals surface area contributed by atoms with Gasteiger partial charge in [0.1, 0.15) is 0 Å². The third kappa shape index (κ3) is 8.66. The molecule has 1 aromatic carbocycles. The third-order valence-corrected chi connectivity index (χ3v) is 5.25. The molecule has 0 fully saturated rings. The van der Waals surface area contributed by atoms with Crippen molar-refractivity contribution < 1.29 is 32.8 Å². The van der Waals surface area contributed by atoms with Crippen LogP contribution in [-0.2, 0) is 26.1 Å². The first kappa shape index (κ1) is 20.7. The fourth-order valence-corrected chi connectivity index (χ4v) is 3.21. The minimum Gasteiger partial charge on any atom is -0.481 e. The Hall–Kier alpha value is -0.294. The average Bonchev–Trinajstić information content (AvgIpc) is 2.35. The maximum absolute atomic E-state index is 10.2. The van der Waals surface area contributed by atoms with Crippen molar-refractivity contribution in [2.24, 2.45) is 0 Å². The Morgan fingerprint density at radius 1 is 1.24 bits per heavy atom. The van der Waals surface area contributed by atoms with Crippen molar-refractivity contribution in [2.75, 3.05) is 0 Å². The van der Waals surface area contributed by atoms with Crippen molar-refractivity contribution >= 4 is 70.7 Å². The number of hydrogen-bond donors (Lipinski definition) is 3. The predicted octanol–water partition coefficient (Wildman–Crippen LogP) is -0.155. The Balaban J connectivity index is 0.000000394. The van der Waals surface area contributed by atoms with E-state index in [2.05, 4.69) is 31.2 Å². The van der Waals surface area contributed by atoms with E-state index >= 15 is 0 Å². The van der Waals surface area contributed by atoms with E-state index in [1.165, 1.54) is 12.0 Å². The molecule has 0 heterocycles. The Kier molecular flexibility index (Phi) is 9.53. The molecule has 0 amide bonds. The van der Waals surface area contributed by atoms with Gasteiger partial charge in [0.25, 0.3) is 10.1 Å².